The second-order valence-corrected chi connectivity index (χ2v) is 8.86. The Morgan fingerprint density at radius 2 is 0.667 bits per heavy atom. The first-order valence-electron chi connectivity index (χ1n) is 6.32. The van der Waals surface area contributed by atoms with Gasteiger partial charge in [0.15, 0.2) is 0 Å². The Morgan fingerprint density at radius 1 is 0.429 bits per heavy atom. The fourth-order valence-corrected chi connectivity index (χ4v) is 5.24. The van der Waals surface area contributed by atoms with Gasteiger partial charge in [-0.1, -0.05) is 11.8 Å². The van der Waals surface area contributed by atoms with Crippen molar-refractivity contribution in [2.45, 2.75) is 29.4 Å². The van der Waals surface area contributed by atoms with Gasteiger partial charge in [0.25, 0.3) is 0 Å². The van der Waals surface area contributed by atoms with E-state index in [1.165, 1.54) is 29.4 Å². The van der Waals surface area contributed by atoms with Crippen LogP contribution in [0.2, 0.25) is 0 Å². The lowest BCUT2D eigenvalue weighted by Gasteiger charge is -2.09. The second kappa shape index (κ2) is 8.73. The van der Waals surface area contributed by atoms with Gasteiger partial charge in [0.05, 0.1) is 0 Å². The molecule has 2 rings (SSSR count). The summed E-state index contributed by atoms with van der Waals surface area (Å²) < 4.78 is 0. The van der Waals surface area contributed by atoms with Crippen molar-refractivity contribution in [3.05, 3.63) is 36.4 Å². The molecule has 2 aromatic carbocycles. The minimum absolute atomic E-state index is 1.32. The molecule has 0 aromatic heterocycles. The molecule has 0 fully saturated rings. The topological polar surface area (TPSA) is 0 Å². The predicted octanol–water partition coefficient (Wildman–Crippen LogP) is 6.73. The minimum atomic E-state index is 1.32. The van der Waals surface area contributed by atoms with Crippen molar-refractivity contribution in [1.82, 2.24) is 0 Å². The lowest BCUT2D eigenvalue weighted by atomic mass is 10.3. The van der Waals surface area contributed by atoms with Crippen molar-refractivity contribution in [1.29, 1.82) is 0 Å². The van der Waals surface area contributed by atoms with E-state index < -0.39 is 0 Å². The van der Waals surface area contributed by atoms with E-state index in [1.54, 1.807) is 47.0 Å². The normalized spacial score (nSPS) is 10.9. The molecule has 0 bridgehead atoms. The summed E-state index contributed by atoms with van der Waals surface area (Å²) in [7, 11) is 0. The van der Waals surface area contributed by atoms with Crippen LogP contribution in [0.1, 0.15) is 0 Å². The van der Waals surface area contributed by atoms with E-state index in [-0.39, 0.29) is 0 Å². The lowest BCUT2D eigenvalue weighted by Crippen LogP contribution is -1.81. The zero-order valence-corrected chi connectivity index (χ0v) is 16.6. The number of benzene rings is 2. The molecule has 0 heterocycles. The van der Waals surface area contributed by atoms with Gasteiger partial charge in [-0.3, -0.25) is 0 Å². The standard InChI is InChI=1S/C16H18S5/c1-17-11-5-12(18-2)8-15(7-11)21-16-9-13(19-3)6-14(10-16)20-4/h5-10H,1-4H3. The third kappa shape index (κ3) is 5.10. The third-order valence-electron chi connectivity index (χ3n) is 2.89. The van der Waals surface area contributed by atoms with Crippen LogP contribution in [0.3, 0.4) is 0 Å². The fourth-order valence-electron chi connectivity index (χ4n) is 1.82. The Balaban J connectivity index is 2.32. The average Bonchev–Trinajstić information content (AvgIpc) is 2.53. The average molecular weight is 371 g/mol. The molecule has 0 aliphatic heterocycles. The summed E-state index contributed by atoms with van der Waals surface area (Å²) >= 11 is 9.07. The molecule has 0 atom stereocenters. The summed E-state index contributed by atoms with van der Waals surface area (Å²) in [5, 5.41) is 0. The highest BCUT2D eigenvalue weighted by molar-refractivity contribution is 8.01. The predicted molar refractivity (Wildman–Crippen MR) is 104 cm³/mol. The Labute approximate surface area is 149 Å². The Morgan fingerprint density at radius 3 is 0.905 bits per heavy atom. The molecule has 0 unspecified atom stereocenters. The maximum atomic E-state index is 2.28. The van der Waals surface area contributed by atoms with Crippen LogP contribution in [0.4, 0.5) is 0 Å². The SMILES string of the molecule is CSc1cc(SC)cc(Sc2cc(SC)cc(SC)c2)c1. The van der Waals surface area contributed by atoms with Crippen LogP contribution >= 0.6 is 58.8 Å². The molecular weight excluding hydrogens is 353 g/mol. The van der Waals surface area contributed by atoms with Gasteiger partial charge in [-0.25, -0.2) is 0 Å². The van der Waals surface area contributed by atoms with Crippen molar-refractivity contribution >= 4 is 58.8 Å². The van der Waals surface area contributed by atoms with Gasteiger partial charge >= 0.3 is 0 Å². The van der Waals surface area contributed by atoms with Crippen molar-refractivity contribution < 1.29 is 0 Å². The van der Waals surface area contributed by atoms with Crippen molar-refractivity contribution in [3.8, 4) is 0 Å². The van der Waals surface area contributed by atoms with Gasteiger partial charge in [-0.05, 0) is 61.4 Å². The van der Waals surface area contributed by atoms with Gasteiger partial charge in [0, 0.05) is 29.4 Å². The van der Waals surface area contributed by atoms with Crippen molar-refractivity contribution in [2.24, 2.45) is 0 Å². The third-order valence-corrected chi connectivity index (χ3v) is 6.66. The molecule has 5 heteroatoms. The molecule has 0 radical (unpaired) electrons. The molecule has 0 nitrogen and oxygen atoms in total. The van der Waals surface area contributed by atoms with Crippen LogP contribution < -0.4 is 0 Å². The maximum absolute atomic E-state index is 2.28. The molecule has 21 heavy (non-hydrogen) atoms. The fraction of sp³-hybridized carbons (Fsp3) is 0.250. The lowest BCUT2D eigenvalue weighted by molar-refractivity contribution is 1.21. The highest BCUT2D eigenvalue weighted by atomic mass is 32.2. The van der Waals surface area contributed by atoms with Crippen LogP contribution in [0.25, 0.3) is 0 Å². The number of thioether (sulfide) groups is 4. The van der Waals surface area contributed by atoms with E-state index in [4.69, 9.17) is 0 Å². The van der Waals surface area contributed by atoms with E-state index in [0.29, 0.717) is 0 Å². The molecule has 0 amide bonds. The van der Waals surface area contributed by atoms with E-state index in [1.807, 2.05) is 11.8 Å². The van der Waals surface area contributed by atoms with Gasteiger partial charge in [0.2, 0.25) is 0 Å². The second-order valence-electron chi connectivity index (χ2n) is 4.20. The van der Waals surface area contributed by atoms with E-state index >= 15 is 0 Å². The Bertz CT molecular complexity index is 512. The highest BCUT2D eigenvalue weighted by Crippen LogP contribution is 2.37. The number of rotatable bonds is 6. The van der Waals surface area contributed by atoms with Crippen LogP contribution in [0.5, 0.6) is 0 Å². The monoisotopic (exact) mass is 370 g/mol. The van der Waals surface area contributed by atoms with Crippen molar-refractivity contribution in [3.63, 3.8) is 0 Å². The molecule has 112 valence electrons. The smallest absolute Gasteiger partial charge is 0.0144 e. The molecular formula is C16H18S5. The highest BCUT2D eigenvalue weighted by Gasteiger charge is 2.05. The molecule has 0 spiro atoms. The maximum Gasteiger partial charge on any atom is 0.0144 e. The first-order valence-corrected chi connectivity index (χ1v) is 12.0. The zero-order valence-electron chi connectivity index (χ0n) is 12.5. The zero-order chi connectivity index (χ0) is 15.2. The van der Waals surface area contributed by atoms with Gasteiger partial charge in [-0.2, -0.15) is 0 Å². The quantitative estimate of drug-likeness (QED) is 0.516. The molecule has 0 aliphatic rings. The van der Waals surface area contributed by atoms with Crippen LogP contribution in [0.15, 0.2) is 65.8 Å². The molecule has 0 aliphatic carbocycles. The Kier molecular flexibility index (Phi) is 7.29. The molecule has 0 saturated carbocycles. The summed E-state index contributed by atoms with van der Waals surface area (Å²) in [5.41, 5.74) is 0. The molecule has 2 aromatic rings. The van der Waals surface area contributed by atoms with Gasteiger partial charge in [0.1, 0.15) is 0 Å². The van der Waals surface area contributed by atoms with E-state index in [0.717, 1.165) is 0 Å². The number of hydrogen-bond donors (Lipinski definition) is 0. The molecule has 0 N–H and O–H groups in total. The van der Waals surface area contributed by atoms with Crippen molar-refractivity contribution in [2.75, 3.05) is 25.0 Å². The van der Waals surface area contributed by atoms with Crippen LogP contribution in [0, 0.1) is 0 Å². The summed E-state index contributed by atoms with van der Waals surface area (Å²) in [5.74, 6) is 0. The van der Waals surface area contributed by atoms with Gasteiger partial charge < -0.3 is 0 Å². The first kappa shape index (κ1) is 17.5. The minimum Gasteiger partial charge on any atom is -0.130 e. The molecule has 0 saturated heterocycles. The van der Waals surface area contributed by atoms with E-state index in [2.05, 4.69) is 61.4 Å². The van der Waals surface area contributed by atoms with Crippen LogP contribution in [-0.2, 0) is 0 Å². The Hall–Kier alpha value is 0.190. The number of hydrogen-bond acceptors (Lipinski definition) is 5. The summed E-state index contributed by atoms with van der Waals surface area (Å²) in [6.45, 7) is 0. The van der Waals surface area contributed by atoms with Gasteiger partial charge in [-0.15, -0.1) is 47.0 Å². The summed E-state index contributed by atoms with van der Waals surface area (Å²) in [6.07, 6.45) is 8.53. The van der Waals surface area contributed by atoms with E-state index in [9.17, 15) is 0 Å². The first-order chi connectivity index (χ1) is 10.2. The van der Waals surface area contributed by atoms with Crippen LogP contribution in [-0.4, -0.2) is 25.0 Å². The summed E-state index contributed by atoms with van der Waals surface area (Å²) in [6, 6.07) is 13.6. The summed E-state index contributed by atoms with van der Waals surface area (Å²) in [4.78, 5) is 7.95. The largest absolute Gasteiger partial charge is 0.130 e.